The molecule has 15 heavy (non-hydrogen) atoms. The van der Waals surface area contributed by atoms with Gasteiger partial charge in [0.05, 0.1) is 0 Å². The van der Waals surface area contributed by atoms with E-state index in [1.807, 2.05) is 6.07 Å². The molecule has 1 aliphatic carbocycles. The van der Waals surface area contributed by atoms with Crippen LogP contribution in [0.1, 0.15) is 24.8 Å². The van der Waals surface area contributed by atoms with Crippen LogP contribution in [0.25, 0.3) is 0 Å². The van der Waals surface area contributed by atoms with Crippen LogP contribution in [0.5, 0.6) is 11.5 Å². The van der Waals surface area contributed by atoms with Crippen LogP contribution in [0.2, 0.25) is 0 Å². The Bertz CT molecular complexity index is 417. The predicted octanol–water partition coefficient (Wildman–Crippen LogP) is 3.13. The Labute approximate surface area is 85.8 Å². The first kappa shape index (κ1) is 8.95. The molecule has 0 amide bonds. The summed E-state index contributed by atoms with van der Waals surface area (Å²) in [6, 6.07) is 5.04. The predicted molar refractivity (Wildman–Crippen MR) is 49.2 cm³/mol. The lowest BCUT2D eigenvalue weighted by Crippen LogP contribution is -2.25. The molecule has 4 heteroatoms. The van der Waals surface area contributed by atoms with Crippen LogP contribution in [0, 0.1) is 5.92 Å². The van der Waals surface area contributed by atoms with Crippen molar-refractivity contribution in [2.75, 3.05) is 0 Å². The molecule has 0 saturated heterocycles. The normalized spacial score (nSPS) is 30.3. The van der Waals surface area contributed by atoms with Crippen LogP contribution >= 0.6 is 0 Å². The largest absolute Gasteiger partial charge is 0.586 e. The van der Waals surface area contributed by atoms with Gasteiger partial charge >= 0.3 is 6.29 Å². The lowest BCUT2D eigenvalue weighted by atomic mass is 10.1. The molecule has 1 fully saturated rings. The second-order valence-corrected chi connectivity index (χ2v) is 4.19. The number of hydrogen-bond donors (Lipinski definition) is 0. The van der Waals surface area contributed by atoms with Crippen molar-refractivity contribution < 1.29 is 18.3 Å². The number of hydrogen-bond acceptors (Lipinski definition) is 2. The quantitative estimate of drug-likeness (QED) is 0.712. The molecule has 1 aromatic rings. The number of halogens is 2. The summed E-state index contributed by atoms with van der Waals surface area (Å²) >= 11 is 0. The molecule has 2 aliphatic rings. The Kier molecular flexibility index (Phi) is 1.56. The van der Waals surface area contributed by atoms with Gasteiger partial charge in [0.15, 0.2) is 11.5 Å². The molecule has 0 radical (unpaired) electrons. The van der Waals surface area contributed by atoms with Gasteiger partial charge in [0.2, 0.25) is 0 Å². The molecular formula is C11H10F2O2. The van der Waals surface area contributed by atoms with Gasteiger partial charge in [0.1, 0.15) is 0 Å². The smallest absolute Gasteiger partial charge is 0.395 e. The van der Waals surface area contributed by atoms with Crippen LogP contribution in [0.4, 0.5) is 8.78 Å². The summed E-state index contributed by atoms with van der Waals surface area (Å²) in [6.07, 6.45) is -2.38. The fraction of sp³-hybridized carbons (Fsp3) is 0.455. The first-order valence-electron chi connectivity index (χ1n) is 4.95. The van der Waals surface area contributed by atoms with Crippen molar-refractivity contribution in [3.63, 3.8) is 0 Å². The highest BCUT2D eigenvalue weighted by Crippen LogP contribution is 2.50. The number of benzene rings is 1. The minimum atomic E-state index is -3.50. The third kappa shape index (κ3) is 1.44. The number of ether oxygens (including phenoxy) is 2. The molecule has 2 atom stereocenters. The van der Waals surface area contributed by atoms with Crippen molar-refractivity contribution in [3.05, 3.63) is 23.8 Å². The van der Waals surface area contributed by atoms with E-state index in [0.717, 1.165) is 12.0 Å². The third-order valence-corrected chi connectivity index (χ3v) is 2.96. The molecular weight excluding hydrogens is 202 g/mol. The molecule has 2 nitrogen and oxygen atoms in total. The lowest BCUT2D eigenvalue weighted by Gasteiger charge is -2.04. The topological polar surface area (TPSA) is 18.5 Å². The lowest BCUT2D eigenvalue weighted by molar-refractivity contribution is -0.286. The third-order valence-electron chi connectivity index (χ3n) is 2.96. The molecule has 0 spiro atoms. The number of alkyl halides is 2. The molecule has 1 aromatic carbocycles. The molecule has 1 aliphatic heterocycles. The van der Waals surface area contributed by atoms with Crippen molar-refractivity contribution >= 4 is 0 Å². The number of fused-ring (bicyclic) bond motifs is 1. The maximum atomic E-state index is 12.7. The Hall–Kier alpha value is -1.32. The summed E-state index contributed by atoms with van der Waals surface area (Å²) in [6.45, 7) is 2.14. The minimum Gasteiger partial charge on any atom is -0.395 e. The van der Waals surface area contributed by atoms with E-state index in [1.165, 1.54) is 0 Å². The summed E-state index contributed by atoms with van der Waals surface area (Å²) in [7, 11) is 0. The van der Waals surface area contributed by atoms with E-state index >= 15 is 0 Å². The van der Waals surface area contributed by atoms with Gasteiger partial charge in [-0.25, -0.2) is 0 Å². The zero-order valence-corrected chi connectivity index (χ0v) is 8.17. The van der Waals surface area contributed by atoms with E-state index in [1.54, 1.807) is 12.1 Å². The molecule has 0 N–H and O–H groups in total. The highest BCUT2D eigenvalue weighted by molar-refractivity contribution is 5.47. The molecule has 0 bridgehead atoms. The second-order valence-electron chi connectivity index (χ2n) is 4.19. The highest BCUT2D eigenvalue weighted by Gasteiger charge is 2.44. The fourth-order valence-corrected chi connectivity index (χ4v) is 1.98. The van der Waals surface area contributed by atoms with Gasteiger partial charge in [-0.3, -0.25) is 0 Å². The summed E-state index contributed by atoms with van der Waals surface area (Å²) in [5.74, 6) is 1.41. The van der Waals surface area contributed by atoms with Crippen LogP contribution in [0.3, 0.4) is 0 Å². The van der Waals surface area contributed by atoms with Crippen LogP contribution in [0.15, 0.2) is 18.2 Å². The van der Waals surface area contributed by atoms with Crippen molar-refractivity contribution in [2.45, 2.75) is 25.6 Å². The molecule has 0 unspecified atom stereocenters. The van der Waals surface area contributed by atoms with Crippen molar-refractivity contribution in [1.29, 1.82) is 0 Å². The van der Waals surface area contributed by atoms with Crippen LogP contribution < -0.4 is 9.47 Å². The van der Waals surface area contributed by atoms with Crippen molar-refractivity contribution in [1.82, 2.24) is 0 Å². The van der Waals surface area contributed by atoms with Crippen LogP contribution in [-0.2, 0) is 0 Å². The van der Waals surface area contributed by atoms with E-state index in [0.29, 0.717) is 11.8 Å². The van der Waals surface area contributed by atoms with Gasteiger partial charge in [-0.1, -0.05) is 13.0 Å². The second kappa shape index (κ2) is 2.62. The Morgan fingerprint density at radius 2 is 1.93 bits per heavy atom. The highest BCUT2D eigenvalue weighted by atomic mass is 19.3. The maximum Gasteiger partial charge on any atom is 0.586 e. The van der Waals surface area contributed by atoms with E-state index in [-0.39, 0.29) is 11.5 Å². The summed E-state index contributed by atoms with van der Waals surface area (Å²) in [5.41, 5.74) is 1.06. The summed E-state index contributed by atoms with van der Waals surface area (Å²) < 4.78 is 34.1. The van der Waals surface area contributed by atoms with E-state index < -0.39 is 6.29 Å². The molecule has 0 aromatic heterocycles. The Morgan fingerprint density at radius 3 is 2.60 bits per heavy atom. The first-order chi connectivity index (χ1) is 7.05. The first-order valence-corrected chi connectivity index (χ1v) is 4.95. The summed E-state index contributed by atoms with van der Waals surface area (Å²) in [4.78, 5) is 0. The van der Waals surface area contributed by atoms with Gasteiger partial charge in [-0.2, -0.15) is 0 Å². The van der Waals surface area contributed by atoms with Gasteiger partial charge in [-0.15, -0.1) is 8.78 Å². The van der Waals surface area contributed by atoms with E-state index in [4.69, 9.17) is 0 Å². The molecule has 3 rings (SSSR count). The van der Waals surface area contributed by atoms with Gasteiger partial charge in [0.25, 0.3) is 0 Å². The monoisotopic (exact) mass is 212 g/mol. The van der Waals surface area contributed by atoms with E-state index in [9.17, 15) is 8.78 Å². The summed E-state index contributed by atoms with van der Waals surface area (Å²) in [5, 5.41) is 0. The maximum absolute atomic E-state index is 12.7. The van der Waals surface area contributed by atoms with Gasteiger partial charge in [0, 0.05) is 0 Å². The fourth-order valence-electron chi connectivity index (χ4n) is 1.98. The minimum absolute atomic E-state index is 0.122. The average Bonchev–Trinajstić information content (AvgIpc) is 2.75. The van der Waals surface area contributed by atoms with Crippen molar-refractivity contribution in [3.8, 4) is 11.5 Å². The average molecular weight is 212 g/mol. The number of rotatable bonds is 1. The molecule has 1 heterocycles. The SMILES string of the molecule is C[C@H]1C[C@@H]1c1ccc2c(c1)OC(F)(F)O2. The van der Waals surface area contributed by atoms with E-state index in [2.05, 4.69) is 16.4 Å². The van der Waals surface area contributed by atoms with Gasteiger partial charge < -0.3 is 9.47 Å². The molecule has 80 valence electrons. The van der Waals surface area contributed by atoms with Crippen LogP contribution in [-0.4, -0.2) is 6.29 Å². The zero-order valence-electron chi connectivity index (χ0n) is 8.17. The van der Waals surface area contributed by atoms with Crippen molar-refractivity contribution in [2.24, 2.45) is 5.92 Å². The molecule has 1 saturated carbocycles. The van der Waals surface area contributed by atoms with Gasteiger partial charge in [-0.05, 0) is 36.0 Å². The zero-order chi connectivity index (χ0) is 10.6. The standard InChI is InChI=1S/C11H10F2O2/c1-6-4-8(6)7-2-3-9-10(5-7)15-11(12,13)14-9/h2-3,5-6,8H,4H2,1H3/t6-,8-/m0/s1. The Morgan fingerprint density at radius 1 is 1.27 bits per heavy atom. The Balaban J connectivity index is 1.93.